The molecule has 0 radical (unpaired) electrons. The van der Waals surface area contributed by atoms with Crippen molar-refractivity contribution in [2.45, 2.75) is 32.1 Å². The lowest BCUT2D eigenvalue weighted by atomic mass is 9.90. The van der Waals surface area contributed by atoms with E-state index in [2.05, 4.69) is 0 Å². The number of hydrogen-bond acceptors (Lipinski definition) is 3. The maximum absolute atomic E-state index is 11.9. The van der Waals surface area contributed by atoms with E-state index in [1.165, 1.54) is 19.3 Å². The molecule has 0 saturated heterocycles. The van der Waals surface area contributed by atoms with E-state index in [0.717, 1.165) is 12.8 Å². The fourth-order valence-corrected chi connectivity index (χ4v) is 2.59. The Balaban J connectivity index is 1.90. The summed E-state index contributed by atoms with van der Waals surface area (Å²) in [5.41, 5.74) is 6.52. The first kappa shape index (κ1) is 13.2. The van der Waals surface area contributed by atoms with Gasteiger partial charge in [-0.15, -0.1) is 0 Å². The van der Waals surface area contributed by atoms with Gasteiger partial charge in [0.05, 0.1) is 17.2 Å². The normalized spacial score (nSPS) is 16.5. The van der Waals surface area contributed by atoms with Gasteiger partial charge < -0.3 is 10.5 Å². The summed E-state index contributed by atoms with van der Waals surface area (Å²) in [6.07, 6.45) is 6.09. The smallest absolute Gasteiger partial charge is 0.339 e. The Bertz CT molecular complexity index is 428. The van der Waals surface area contributed by atoms with E-state index >= 15 is 0 Å². The minimum atomic E-state index is -0.356. The molecule has 4 heteroatoms. The summed E-state index contributed by atoms with van der Waals surface area (Å²) in [5.74, 6) is 0.154. The van der Waals surface area contributed by atoms with Gasteiger partial charge in [0.15, 0.2) is 0 Å². The molecule has 3 nitrogen and oxygen atoms in total. The van der Waals surface area contributed by atoms with Crippen molar-refractivity contribution < 1.29 is 9.53 Å². The number of benzene rings is 1. The summed E-state index contributed by atoms with van der Waals surface area (Å²) < 4.78 is 5.32. The third-order valence-corrected chi connectivity index (χ3v) is 3.70. The largest absolute Gasteiger partial charge is 0.462 e. The maximum Gasteiger partial charge on any atom is 0.339 e. The monoisotopic (exact) mass is 267 g/mol. The maximum atomic E-state index is 11.9. The van der Waals surface area contributed by atoms with Gasteiger partial charge in [-0.1, -0.05) is 30.9 Å². The highest BCUT2D eigenvalue weighted by atomic mass is 35.5. The molecule has 18 heavy (non-hydrogen) atoms. The number of carbonyl (C=O) groups excluding carboxylic acids is 1. The molecular weight excluding hydrogens is 250 g/mol. The Kier molecular flexibility index (Phi) is 4.48. The Hall–Kier alpha value is -1.22. The van der Waals surface area contributed by atoms with E-state index in [1.807, 2.05) is 0 Å². The van der Waals surface area contributed by atoms with Crippen LogP contribution in [0.1, 0.15) is 42.5 Å². The summed E-state index contributed by atoms with van der Waals surface area (Å²) in [5, 5.41) is 0.351. The van der Waals surface area contributed by atoms with Crippen molar-refractivity contribution in [2.24, 2.45) is 5.92 Å². The highest BCUT2D eigenvalue weighted by molar-refractivity contribution is 6.33. The summed E-state index contributed by atoms with van der Waals surface area (Å²) >= 11 is 5.97. The van der Waals surface area contributed by atoms with E-state index in [1.54, 1.807) is 18.2 Å². The number of anilines is 1. The Labute approximate surface area is 112 Å². The van der Waals surface area contributed by atoms with Crippen LogP contribution in [-0.2, 0) is 4.74 Å². The molecule has 98 valence electrons. The molecule has 1 aromatic rings. The van der Waals surface area contributed by atoms with Crippen molar-refractivity contribution in [2.75, 3.05) is 12.3 Å². The molecule has 0 aromatic heterocycles. The van der Waals surface area contributed by atoms with Gasteiger partial charge in [-0.2, -0.15) is 0 Å². The fraction of sp³-hybridized carbons (Fsp3) is 0.500. The van der Waals surface area contributed by atoms with Crippen LogP contribution in [0.4, 0.5) is 5.69 Å². The van der Waals surface area contributed by atoms with Crippen LogP contribution in [-0.4, -0.2) is 12.6 Å². The van der Waals surface area contributed by atoms with Gasteiger partial charge in [0.25, 0.3) is 0 Å². The van der Waals surface area contributed by atoms with Crippen LogP contribution in [0, 0.1) is 5.92 Å². The van der Waals surface area contributed by atoms with Crippen LogP contribution in [0.5, 0.6) is 0 Å². The number of rotatable bonds is 3. The molecule has 0 heterocycles. The first-order valence-corrected chi connectivity index (χ1v) is 6.77. The van der Waals surface area contributed by atoms with Crippen LogP contribution in [0.15, 0.2) is 18.2 Å². The standard InChI is InChI=1S/C14H18ClNO2/c15-13-8-11(16)6-7-12(13)14(17)18-9-10-4-2-1-3-5-10/h6-8,10H,1-5,9,16H2. The van der Waals surface area contributed by atoms with Crippen molar-refractivity contribution in [3.8, 4) is 0 Å². The van der Waals surface area contributed by atoms with E-state index in [9.17, 15) is 4.79 Å². The van der Waals surface area contributed by atoms with Gasteiger partial charge in [0.1, 0.15) is 0 Å². The summed E-state index contributed by atoms with van der Waals surface area (Å²) in [7, 11) is 0. The van der Waals surface area contributed by atoms with Gasteiger partial charge in [-0.3, -0.25) is 0 Å². The van der Waals surface area contributed by atoms with E-state index < -0.39 is 0 Å². The second-order valence-corrected chi connectivity index (χ2v) is 5.25. The van der Waals surface area contributed by atoms with Crippen LogP contribution in [0.25, 0.3) is 0 Å². The zero-order valence-electron chi connectivity index (χ0n) is 10.3. The lowest BCUT2D eigenvalue weighted by Gasteiger charge is -2.21. The number of nitrogens with two attached hydrogens (primary N) is 1. The van der Waals surface area contributed by atoms with Gasteiger partial charge in [-0.25, -0.2) is 4.79 Å². The second kappa shape index (κ2) is 6.10. The number of esters is 1. The lowest BCUT2D eigenvalue weighted by molar-refractivity contribution is 0.0410. The number of nitrogen functional groups attached to an aromatic ring is 1. The van der Waals surface area contributed by atoms with Crippen molar-refractivity contribution in [1.82, 2.24) is 0 Å². The third-order valence-electron chi connectivity index (χ3n) is 3.39. The predicted octanol–water partition coefficient (Wildman–Crippen LogP) is 3.66. The first-order valence-electron chi connectivity index (χ1n) is 6.39. The van der Waals surface area contributed by atoms with Crippen molar-refractivity contribution >= 4 is 23.3 Å². The van der Waals surface area contributed by atoms with Gasteiger partial charge in [-0.05, 0) is 37.0 Å². The minimum absolute atomic E-state index is 0.351. The molecule has 1 aliphatic rings. The molecule has 0 unspecified atom stereocenters. The molecule has 1 aromatic carbocycles. The highest BCUT2D eigenvalue weighted by Gasteiger charge is 2.17. The molecule has 0 atom stereocenters. The topological polar surface area (TPSA) is 52.3 Å². The third kappa shape index (κ3) is 3.39. The van der Waals surface area contributed by atoms with Gasteiger partial charge in [0, 0.05) is 5.69 Å². The number of halogens is 1. The number of carbonyl (C=O) groups is 1. The summed E-state index contributed by atoms with van der Waals surface area (Å²) in [4.78, 5) is 11.9. The van der Waals surface area contributed by atoms with Gasteiger partial charge in [0.2, 0.25) is 0 Å². The first-order chi connectivity index (χ1) is 8.66. The van der Waals surface area contributed by atoms with E-state index in [0.29, 0.717) is 28.8 Å². The van der Waals surface area contributed by atoms with Gasteiger partial charge >= 0.3 is 5.97 Å². The lowest BCUT2D eigenvalue weighted by Crippen LogP contribution is -2.17. The van der Waals surface area contributed by atoms with Crippen LogP contribution in [0.2, 0.25) is 5.02 Å². The predicted molar refractivity (Wildman–Crippen MR) is 72.7 cm³/mol. The quantitative estimate of drug-likeness (QED) is 0.672. The number of hydrogen-bond donors (Lipinski definition) is 1. The zero-order valence-corrected chi connectivity index (χ0v) is 11.1. The molecule has 1 saturated carbocycles. The van der Waals surface area contributed by atoms with E-state index in [4.69, 9.17) is 22.1 Å². The Morgan fingerprint density at radius 3 is 2.72 bits per heavy atom. The van der Waals surface area contributed by atoms with Crippen LogP contribution >= 0.6 is 11.6 Å². The molecule has 0 amide bonds. The Morgan fingerprint density at radius 2 is 2.06 bits per heavy atom. The summed E-state index contributed by atoms with van der Waals surface area (Å²) in [6.45, 7) is 0.500. The van der Waals surface area contributed by atoms with Crippen molar-refractivity contribution in [1.29, 1.82) is 0 Å². The molecule has 1 aliphatic carbocycles. The molecule has 2 rings (SSSR count). The van der Waals surface area contributed by atoms with Crippen molar-refractivity contribution in [3.05, 3.63) is 28.8 Å². The van der Waals surface area contributed by atoms with Crippen LogP contribution < -0.4 is 5.73 Å². The average molecular weight is 268 g/mol. The van der Waals surface area contributed by atoms with Crippen LogP contribution in [0.3, 0.4) is 0 Å². The average Bonchev–Trinajstić information content (AvgIpc) is 2.37. The second-order valence-electron chi connectivity index (χ2n) is 4.84. The number of ether oxygens (including phenoxy) is 1. The zero-order chi connectivity index (χ0) is 13.0. The summed E-state index contributed by atoms with van der Waals surface area (Å²) in [6, 6.07) is 4.84. The highest BCUT2D eigenvalue weighted by Crippen LogP contribution is 2.25. The SMILES string of the molecule is Nc1ccc(C(=O)OCC2CCCCC2)c(Cl)c1. The molecule has 0 spiro atoms. The molecule has 0 aliphatic heterocycles. The minimum Gasteiger partial charge on any atom is -0.462 e. The fourth-order valence-electron chi connectivity index (χ4n) is 2.32. The Morgan fingerprint density at radius 1 is 1.33 bits per heavy atom. The van der Waals surface area contributed by atoms with Crippen molar-refractivity contribution in [3.63, 3.8) is 0 Å². The molecule has 1 fully saturated rings. The molecular formula is C14H18ClNO2. The molecule has 2 N–H and O–H groups in total. The van der Waals surface area contributed by atoms with E-state index in [-0.39, 0.29) is 5.97 Å². The molecule has 0 bridgehead atoms.